The topological polar surface area (TPSA) is 81.1 Å². The molecule has 0 spiro atoms. The number of nitrogens with zero attached hydrogens (tertiary/aromatic N) is 3. The fraction of sp³-hybridized carbons (Fsp3) is 0.211. The first-order chi connectivity index (χ1) is 12.7. The molecule has 3 rings (SSSR count). The molecule has 7 heteroatoms. The largest absolute Gasteiger partial charge is 0.492 e. The van der Waals surface area contributed by atoms with Crippen LogP contribution in [-0.2, 0) is 13.6 Å². The molecule has 0 aliphatic rings. The molecular weight excluding hydrogens is 330 g/mol. The number of carbonyl (C=O) groups excluding carboxylic acids is 1. The molecule has 2 heterocycles. The molecule has 0 bridgehead atoms. The Labute approximate surface area is 152 Å². The van der Waals surface area contributed by atoms with E-state index < -0.39 is 0 Å². The monoisotopic (exact) mass is 351 g/mol. The van der Waals surface area contributed by atoms with Gasteiger partial charge in [0.15, 0.2) is 0 Å². The maximum atomic E-state index is 12.2. The molecule has 0 fully saturated rings. The highest BCUT2D eigenvalue weighted by molar-refractivity contribution is 5.90. The Morgan fingerprint density at radius 1 is 1.19 bits per heavy atom. The van der Waals surface area contributed by atoms with Crippen molar-refractivity contribution in [3.05, 3.63) is 60.4 Å². The molecule has 26 heavy (non-hydrogen) atoms. The van der Waals surface area contributed by atoms with E-state index in [1.165, 1.54) is 0 Å². The van der Waals surface area contributed by atoms with Crippen molar-refractivity contribution in [3.63, 3.8) is 0 Å². The second-order valence-corrected chi connectivity index (χ2v) is 5.60. The number of pyridine rings is 1. The number of aromatic nitrogens is 3. The summed E-state index contributed by atoms with van der Waals surface area (Å²) >= 11 is 0. The molecule has 0 radical (unpaired) electrons. The standard InChI is InChI=1S/C19H21N5O2/c1-3-26-18-10-5-4-9-16(18)22-19(25)21-13-14-12-17(24(2)23-14)15-8-6-7-11-20-15/h4-12H,3,13H2,1-2H3,(H2,21,22,25). The predicted molar refractivity (Wildman–Crippen MR) is 99.9 cm³/mol. The van der Waals surface area contributed by atoms with Crippen LogP contribution in [0.3, 0.4) is 0 Å². The van der Waals surface area contributed by atoms with Gasteiger partial charge in [0.1, 0.15) is 5.75 Å². The van der Waals surface area contributed by atoms with Crippen molar-refractivity contribution < 1.29 is 9.53 Å². The van der Waals surface area contributed by atoms with Gasteiger partial charge in [-0.3, -0.25) is 9.67 Å². The molecule has 2 amide bonds. The summed E-state index contributed by atoms with van der Waals surface area (Å²) in [6.45, 7) is 2.74. The maximum Gasteiger partial charge on any atom is 0.319 e. The van der Waals surface area contributed by atoms with Crippen LogP contribution in [-0.4, -0.2) is 27.4 Å². The van der Waals surface area contributed by atoms with E-state index in [0.29, 0.717) is 24.6 Å². The van der Waals surface area contributed by atoms with E-state index in [0.717, 1.165) is 17.1 Å². The number of carbonyl (C=O) groups is 1. The number of nitrogens with one attached hydrogen (secondary N) is 2. The summed E-state index contributed by atoms with van der Waals surface area (Å²) in [5.41, 5.74) is 3.11. The second-order valence-electron chi connectivity index (χ2n) is 5.60. The molecule has 1 aromatic carbocycles. The van der Waals surface area contributed by atoms with Crippen LogP contribution in [0, 0.1) is 0 Å². The Kier molecular flexibility index (Phi) is 5.48. The fourth-order valence-corrected chi connectivity index (χ4v) is 2.56. The predicted octanol–water partition coefficient (Wildman–Crippen LogP) is 3.20. The first-order valence-electron chi connectivity index (χ1n) is 8.38. The highest BCUT2D eigenvalue weighted by Crippen LogP contribution is 2.23. The van der Waals surface area contributed by atoms with E-state index in [9.17, 15) is 4.79 Å². The summed E-state index contributed by atoms with van der Waals surface area (Å²) in [4.78, 5) is 16.5. The Bertz CT molecular complexity index is 877. The third kappa shape index (κ3) is 4.18. The average Bonchev–Trinajstić information content (AvgIpc) is 3.03. The van der Waals surface area contributed by atoms with Gasteiger partial charge in [-0.2, -0.15) is 5.10 Å². The maximum absolute atomic E-state index is 12.2. The minimum atomic E-state index is -0.317. The first kappa shape index (κ1) is 17.5. The zero-order chi connectivity index (χ0) is 18.4. The van der Waals surface area contributed by atoms with Crippen molar-refractivity contribution >= 4 is 11.7 Å². The molecule has 0 aliphatic carbocycles. The fourth-order valence-electron chi connectivity index (χ4n) is 2.56. The molecule has 3 aromatic rings. The van der Waals surface area contributed by atoms with E-state index in [1.807, 2.05) is 56.4 Å². The summed E-state index contributed by atoms with van der Waals surface area (Å²) in [6.07, 6.45) is 1.74. The molecule has 2 aromatic heterocycles. The highest BCUT2D eigenvalue weighted by atomic mass is 16.5. The van der Waals surface area contributed by atoms with Gasteiger partial charge in [0.25, 0.3) is 0 Å². The van der Waals surface area contributed by atoms with Crippen molar-refractivity contribution in [2.45, 2.75) is 13.5 Å². The zero-order valence-electron chi connectivity index (χ0n) is 14.8. The summed E-state index contributed by atoms with van der Waals surface area (Å²) in [5.74, 6) is 0.639. The summed E-state index contributed by atoms with van der Waals surface area (Å²) in [6, 6.07) is 14.6. The molecular formula is C19H21N5O2. The van der Waals surface area contributed by atoms with E-state index in [1.54, 1.807) is 16.9 Å². The average molecular weight is 351 g/mol. The normalized spacial score (nSPS) is 10.4. The number of ether oxygens (including phenoxy) is 1. The molecule has 0 unspecified atom stereocenters. The number of amides is 2. The van der Waals surface area contributed by atoms with Gasteiger partial charge in [0.2, 0.25) is 0 Å². The number of aryl methyl sites for hydroxylation is 1. The van der Waals surface area contributed by atoms with Gasteiger partial charge in [0, 0.05) is 13.2 Å². The van der Waals surface area contributed by atoms with Gasteiger partial charge < -0.3 is 15.4 Å². The van der Waals surface area contributed by atoms with Crippen molar-refractivity contribution in [3.8, 4) is 17.1 Å². The van der Waals surface area contributed by atoms with Crippen LogP contribution >= 0.6 is 0 Å². The minimum Gasteiger partial charge on any atom is -0.492 e. The van der Waals surface area contributed by atoms with Crippen LogP contribution in [0.4, 0.5) is 10.5 Å². The van der Waals surface area contributed by atoms with Crippen molar-refractivity contribution in [1.29, 1.82) is 0 Å². The lowest BCUT2D eigenvalue weighted by atomic mass is 10.2. The number of urea groups is 1. The molecule has 0 saturated carbocycles. The highest BCUT2D eigenvalue weighted by Gasteiger charge is 2.10. The van der Waals surface area contributed by atoms with Crippen LogP contribution in [0.1, 0.15) is 12.6 Å². The van der Waals surface area contributed by atoms with Crippen molar-refractivity contribution in [1.82, 2.24) is 20.1 Å². The van der Waals surface area contributed by atoms with E-state index in [4.69, 9.17) is 4.74 Å². The van der Waals surface area contributed by atoms with Crippen LogP contribution in [0.5, 0.6) is 5.75 Å². The number of para-hydroxylation sites is 2. The van der Waals surface area contributed by atoms with E-state index >= 15 is 0 Å². The molecule has 0 saturated heterocycles. The van der Waals surface area contributed by atoms with Crippen molar-refractivity contribution in [2.24, 2.45) is 7.05 Å². The number of benzene rings is 1. The number of rotatable bonds is 6. The van der Waals surface area contributed by atoms with Gasteiger partial charge in [-0.05, 0) is 37.3 Å². The number of anilines is 1. The van der Waals surface area contributed by atoms with Gasteiger partial charge >= 0.3 is 6.03 Å². The third-order valence-corrected chi connectivity index (χ3v) is 3.72. The van der Waals surface area contributed by atoms with Gasteiger partial charge in [-0.1, -0.05) is 18.2 Å². The number of hydrogen-bond acceptors (Lipinski definition) is 4. The summed E-state index contributed by atoms with van der Waals surface area (Å²) < 4.78 is 7.26. The summed E-state index contributed by atoms with van der Waals surface area (Å²) in [7, 11) is 1.85. The quantitative estimate of drug-likeness (QED) is 0.714. The van der Waals surface area contributed by atoms with Crippen LogP contribution in [0.2, 0.25) is 0 Å². The lowest BCUT2D eigenvalue weighted by Gasteiger charge is -2.11. The Morgan fingerprint density at radius 3 is 2.77 bits per heavy atom. The first-order valence-corrected chi connectivity index (χ1v) is 8.38. The van der Waals surface area contributed by atoms with Crippen LogP contribution in [0.25, 0.3) is 11.4 Å². The molecule has 134 valence electrons. The molecule has 0 atom stereocenters. The summed E-state index contributed by atoms with van der Waals surface area (Å²) in [5, 5.41) is 10.0. The van der Waals surface area contributed by atoms with E-state index in [-0.39, 0.29) is 6.03 Å². The van der Waals surface area contributed by atoms with Gasteiger partial charge in [-0.15, -0.1) is 0 Å². The van der Waals surface area contributed by atoms with Crippen LogP contribution in [0.15, 0.2) is 54.7 Å². The lowest BCUT2D eigenvalue weighted by molar-refractivity contribution is 0.251. The van der Waals surface area contributed by atoms with Crippen LogP contribution < -0.4 is 15.4 Å². The number of hydrogen-bond donors (Lipinski definition) is 2. The van der Waals surface area contributed by atoms with Gasteiger partial charge in [0.05, 0.1) is 35.9 Å². The van der Waals surface area contributed by atoms with Gasteiger partial charge in [-0.25, -0.2) is 4.79 Å². The zero-order valence-corrected chi connectivity index (χ0v) is 14.8. The SMILES string of the molecule is CCOc1ccccc1NC(=O)NCc1cc(-c2ccccn2)n(C)n1. The Morgan fingerprint density at radius 2 is 2.00 bits per heavy atom. The molecule has 7 nitrogen and oxygen atoms in total. The minimum absolute atomic E-state index is 0.309. The second kappa shape index (κ2) is 8.15. The third-order valence-electron chi connectivity index (χ3n) is 3.72. The molecule has 2 N–H and O–H groups in total. The van der Waals surface area contributed by atoms with E-state index in [2.05, 4.69) is 20.7 Å². The lowest BCUT2D eigenvalue weighted by Crippen LogP contribution is -2.28. The molecule has 0 aliphatic heterocycles. The Balaban J connectivity index is 1.62. The van der Waals surface area contributed by atoms with Crippen molar-refractivity contribution in [2.75, 3.05) is 11.9 Å². The Hall–Kier alpha value is -3.35. The smallest absolute Gasteiger partial charge is 0.319 e.